The van der Waals surface area contributed by atoms with Gasteiger partial charge in [-0.05, 0) is 77.5 Å². The van der Waals surface area contributed by atoms with Crippen LogP contribution < -0.4 is 10.5 Å². The van der Waals surface area contributed by atoms with Crippen molar-refractivity contribution in [1.29, 1.82) is 0 Å². The van der Waals surface area contributed by atoms with Gasteiger partial charge in [0.2, 0.25) is 0 Å². The number of hydrogen-bond donors (Lipinski definition) is 1. The molecule has 1 fully saturated rings. The molecule has 0 bridgehead atoms. The molecule has 0 radical (unpaired) electrons. The van der Waals surface area contributed by atoms with Crippen molar-refractivity contribution in [2.75, 3.05) is 26.7 Å². The van der Waals surface area contributed by atoms with Crippen LogP contribution in [0.4, 0.5) is 0 Å². The monoisotopic (exact) mass is 504 g/mol. The van der Waals surface area contributed by atoms with Crippen LogP contribution in [0.1, 0.15) is 41.0 Å². The van der Waals surface area contributed by atoms with Crippen LogP contribution in [0.3, 0.4) is 0 Å². The highest BCUT2D eigenvalue weighted by Crippen LogP contribution is 2.35. The normalized spacial score (nSPS) is 17.2. The average molecular weight is 505 g/mol. The van der Waals surface area contributed by atoms with Gasteiger partial charge in [0.15, 0.2) is 5.84 Å². The summed E-state index contributed by atoms with van der Waals surface area (Å²) >= 11 is 0. The van der Waals surface area contributed by atoms with Crippen molar-refractivity contribution < 1.29 is 4.74 Å². The maximum absolute atomic E-state index is 6.43. The van der Waals surface area contributed by atoms with E-state index in [2.05, 4.69) is 88.8 Å². The molecule has 0 spiro atoms. The van der Waals surface area contributed by atoms with Crippen LogP contribution >= 0.6 is 0 Å². The Morgan fingerprint density at radius 1 is 0.895 bits per heavy atom. The summed E-state index contributed by atoms with van der Waals surface area (Å²) in [5.41, 5.74) is 11.4. The second-order valence-electron chi connectivity index (χ2n) is 10.7. The Hall–Kier alpha value is -3.83. The van der Waals surface area contributed by atoms with E-state index >= 15 is 0 Å². The molecule has 0 saturated carbocycles. The topological polar surface area (TPSA) is 54.1 Å². The summed E-state index contributed by atoms with van der Waals surface area (Å²) in [7, 11) is 1.68. The molecule has 1 saturated heterocycles. The van der Waals surface area contributed by atoms with Crippen molar-refractivity contribution in [3.63, 3.8) is 0 Å². The number of benzene rings is 4. The first kappa shape index (κ1) is 24.5. The second kappa shape index (κ2) is 10.9. The highest BCUT2D eigenvalue weighted by atomic mass is 16.5. The number of nitrogens with zero attached hydrogens (tertiary/aromatic N) is 3. The number of methoxy groups -OCH3 is 1. The van der Waals surface area contributed by atoms with Gasteiger partial charge >= 0.3 is 0 Å². The van der Waals surface area contributed by atoms with Gasteiger partial charge in [0, 0.05) is 24.6 Å². The standard InChI is InChI=1S/C33H36N4O/c1-38-30-14-13-29-22-37(35-33(34)31(29)20-30)23-32(26-8-3-2-4-9-26)27-15-17-36(18-16-27)21-24-11-12-25-7-5-6-10-28(25)19-24/h2-14,19-20,27,32H,15-18,21-23H2,1H3,(H2,34,35). The van der Waals surface area contributed by atoms with Crippen LogP contribution in [0.25, 0.3) is 10.8 Å². The smallest absolute Gasteiger partial charge is 0.151 e. The Labute approximate surface area is 225 Å². The fraction of sp³-hybridized carbons (Fsp3) is 0.303. The van der Waals surface area contributed by atoms with E-state index in [1.165, 1.54) is 40.3 Å². The molecule has 4 aromatic carbocycles. The Morgan fingerprint density at radius 3 is 2.45 bits per heavy atom. The Bertz CT molecular complexity index is 1430. The van der Waals surface area contributed by atoms with E-state index in [1.807, 2.05) is 12.1 Å². The van der Waals surface area contributed by atoms with Crippen molar-refractivity contribution in [3.8, 4) is 5.75 Å². The zero-order valence-corrected chi connectivity index (χ0v) is 22.1. The van der Waals surface area contributed by atoms with E-state index in [-0.39, 0.29) is 0 Å². The number of piperidine rings is 1. The van der Waals surface area contributed by atoms with Gasteiger partial charge in [-0.25, -0.2) is 0 Å². The summed E-state index contributed by atoms with van der Waals surface area (Å²) in [4.78, 5) is 2.61. The Kier molecular flexibility index (Phi) is 7.02. The molecule has 5 nitrogen and oxygen atoms in total. The van der Waals surface area contributed by atoms with Gasteiger partial charge in [-0.1, -0.05) is 72.8 Å². The molecule has 2 aliphatic heterocycles. The number of ether oxygens (including phenoxy) is 1. The quantitative estimate of drug-likeness (QED) is 0.336. The molecule has 4 aromatic rings. The minimum Gasteiger partial charge on any atom is -0.497 e. The highest BCUT2D eigenvalue weighted by molar-refractivity contribution is 5.99. The van der Waals surface area contributed by atoms with Crippen LogP contribution in [0, 0.1) is 5.92 Å². The molecule has 0 aliphatic carbocycles. The van der Waals surface area contributed by atoms with Crippen molar-refractivity contribution in [2.45, 2.75) is 31.8 Å². The lowest BCUT2D eigenvalue weighted by Crippen LogP contribution is -2.39. The molecular formula is C33H36N4O. The molecule has 194 valence electrons. The number of amidine groups is 1. The van der Waals surface area contributed by atoms with Gasteiger partial charge in [-0.15, -0.1) is 0 Å². The molecule has 2 N–H and O–H groups in total. The van der Waals surface area contributed by atoms with Crippen molar-refractivity contribution >= 4 is 16.6 Å². The van der Waals surface area contributed by atoms with E-state index in [1.54, 1.807) is 7.11 Å². The molecule has 38 heavy (non-hydrogen) atoms. The molecule has 0 amide bonds. The van der Waals surface area contributed by atoms with Crippen LogP contribution in [-0.4, -0.2) is 42.5 Å². The maximum atomic E-state index is 6.43. The molecular weight excluding hydrogens is 468 g/mol. The average Bonchev–Trinajstić information content (AvgIpc) is 2.97. The van der Waals surface area contributed by atoms with Crippen LogP contribution in [0.5, 0.6) is 5.75 Å². The number of hydrazone groups is 1. The summed E-state index contributed by atoms with van der Waals surface area (Å²) in [6.45, 7) is 4.89. The van der Waals surface area contributed by atoms with Crippen LogP contribution in [-0.2, 0) is 13.1 Å². The fourth-order valence-corrected chi connectivity index (χ4v) is 6.17. The first-order chi connectivity index (χ1) is 18.7. The van der Waals surface area contributed by atoms with Crippen molar-refractivity contribution in [2.24, 2.45) is 16.8 Å². The molecule has 0 aromatic heterocycles. The van der Waals surface area contributed by atoms with Crippen molar-refractivity contribution in [1.82, 2.24) is 9.91 Å². The molecule has 2 heterocycles. The maximum Gasteiger partial charge on any atom is 0.151 e. The lowest BCUT2D eigenvalue weighted by Gasteiger charge is -2.38. The number of hydrogen-bond acceptors (Lipinski definition) is 5. The third kappa shape index (κ3) is 5.25. The van der Waals surface area contributed by atoms with E-state index in [0.717, 1.165) is 44.0 Å². The van der Waals surface area contributed by atoms with E-state index in [9.17, 15) is 0 Å². The zero-order valence-electron chi connectivity index (χ0n) is 22.1. The first-order valence-electron chi connectivity index (χ1n) is 13.7. The second-order valence-corrected chi connectivity index (χ2v) is 10.7. The van der Waals surface area contributed by atoms with Gasteiger partial charge in [0.1, 0.15) is 5.75 Å². The number of likely N-dealkylation sites (tertiary alicyclic amines) is 1. The number of nitrogens with two attached hydrogens (primary N) is 1. The molecule has 1 atom stereocenters. The molecule has 5 heteroatoms. The lowest BCUT2D eigenvalue weighted by molar-refractivity contribution is 0.140. The molecule has 6 rings (SSSR count). The minimum atomic E-state index is 0.412. The summed E-state index contributed by atoms with van der Waals surface area (Å²) in [6.07, 6.45) is 2.38. The zero-order chi connectivity index (χ0) is 25.9. The highest BCUT2D eigenvalue weighted by Gasteiger charge is 2.30. The summed E-state index contributed by atoms with van der Waals surface area (Å²) in [5, 5.41) is 9.62. The SMILES string of the molecule is COc1ccc2c(c1)C(N)=NN(CC(c1ccccc1)C1CCN(Cc3ccc4ccccc4c3)CC1)C2. The lowest BCUT2D eigenvalue weighted by atomic mass is 9.79. The third-order valence-electron chi connectivity index (χ3n) is 8.25. The predicted molar refractivity (Wildman–Crippen MR) is 155 cm³/mol. The summed E-state index contributed by atoms with van der Waals surface area (Å²) in [6, 6.07) is 32.6. The fourth-order valence-electron chi connectivity index (χ4n) is 6.17. The van der Waals surface area contributed by atoms with E-state index < -0.39 is 0 Å². The first-order valence-corrected chi connectivity index (χ1v) is 13.7. The third-order valence-corrected chi connectivity index (χ3v) is 8.25. The van der Waals surface area contributed by atoms with Gasteiger partial charge in [0.25, 0.3) is 0 Å². The number of rotatable bonds is 7. The minimum absolute atomic E-state index is 0.412. The van der Waals surface area contributed by atoms with Gasteiger partial charge in [-0.3, -0.25) is 9.91 Å². The van der Waals surface area contributed by atoms with Gasteiger partial charge in [-0.2, -0.15) is 5.10 Å². The molecule has 2 aliphatic rings. The summed E-state index contributed by atoms with van der Waals surface area (Å²) in [5.74, 6) is 2.41. The van der Waals surface area contributed by atoms with Crippen LogP contribution in [0.15, 0.2) is 96.1 Å². The van der Waals surface area contributed by atoms with Gasteiger partial charge < -0.3 is 10.5 Å². The Balaban J connectivity index is 1.15. The molecule has 1 unspecified atom stereocenters. The van der Waals surface area contributed by atoms with E-state index in [4.69, 9.17) is 15.6 Å². The summed E-state index contributed by atoms with van der Waals surface area (Å²) < 4.78 is 5.39. The Morgan fingerprint density at radius 2 is 1.66 bits per heavy atom. The largest absolute Gasteiger partial charge is 0.497 e. The van der Waals surface area contributed by atoms with Gasteiger partial charge in [0.05, 0.1) is 13.7 Å². The van der Waals surface area contributed by atoms with Crippen LogP contribution in [0.2, 0.25) is 0 Å². The van der Waals surface area contributed by atoms with Crippen molar-refractivity contribution in [3.05, 3.63) is 113 Å². The predicted octanol–water partition coefficient (Wildman–Crippen LogP) is 5.98. The van der Waals surface area contributed by atoms with E-state index in [0.29, 0.717) is 17.7 Å². The number of fused-ring (bicyclic) bond motifs is 2.